The number of carbonyl (C=O) groups excluding carboxylic acids is 1. The first-order valence-electron chi connectivity index (χ1n) is 5.75. The van der Waals surface area contributed by atoms with Gasteiger partial charge >= 0.3 is 6.18 Å². The highest BCUT2D eigenvalue weighted by molar-refractivity contribution is 5.78. The zero-order valence-electron chi connectivity index (χ0n) is 10.6. The molecule has 0 aromatic carbocycles. The molecule has 0 fully saturated rings. The Labute approximate surface area is 100 Å². The predicted octanol–water partition coefficient (Wildman–Crippen LogP) is 2.22. The summed E-state index contributed by atoms with van der Waals surface area (Å²) in [7, 11) is 0. The van der Waals surface area contributed by atoms with Gasteiger partial charge in [0.25, 0.3) is 0 Å². The van der Waals surface area contributed by atoms with E-state index in [-0.39, 0.29) is 31.0 Å². The van der Waals surface area contributed by atoms with E-state index in [4.69, 9.17) is 0 Å². The highest BCUT2D eigenvalue weighted by Gasteiger charge is 2.25. The first kappa shape index (κ1) is 16.2. The van der Waals surface area contributed by atoms with Gasteiger partial charge in [-0.3, -0.25) is 4.79 Å². The summed E-state index contributed by atoms with van der Waals surface area (Å²) in [4.78, 5) is 11.4. The van der Waals surface area contributed by atoms with Gasteiger partial charge in [0.1, 0.15) is 0 Å². The monoisotopic (exact) mass is 254 g/mol. The second-order valence-electron chi connectivity index (χ2n) is 4.68. The van der Waals surface area contributed by atoms with Gasteiger partial charge in [-0.15, -0.1) is 0 Å². The minimum absolute atomic E-state index is 0.00600. The third-order valence-electron chi connectivity index (χ3n) is 2.46. The number of rotatable bonds is 7. The number of nitrogens with one attached hydrogen (secondary N) is 2. The van der Waals surface area contributed by atoms with E-state index in [1.165, 1.54) is 0 Å². The molecule has 2 N–H and O–H groups in total. The third-order valence-corrected chi connectivity index (χ3v) is 2.46. The summed E-state index contributed by atoms with van der Waals surface area (Å²) >= 11 is 0. The Bertz CT molecular complexity index is 239. The molecular formula is C11H21F3N2O. The normalized spacial score (nSPS) is 12.6. The summed E-state index contributed by atoms with van der Waals surface area (Å²) in [6.45, 7) is 6.00. The van der Waals surface area contributed by atoms with Crippen molar-refractivity contribution in [2.24, 2.45) is 0 Å². The summed E-state index contributed by atoms with van der Waals surface area (Å²) in [5.41, 5.74) is -0.273. The Hall–Kier alpha value is -0.780. The van der Waals surface area contributed by atoms with Gasteiger partial charge in [0.15, 0.2) is 0 Å². The van der Waals surface area contributed by atoms with Gasteiger partial charge in [-0.25, -0.2) is 0 Å². The lowest BCUT2D eigenvalue weighted by atomic mass is 10.0. The summed E-state index contributed by atoms with van der Waals surface area (Å²) in [6, 6.07) is 0. The first-order valence-corrected chi connectivity index (χ1v) is 5.75. The average molecular weight is 254 g/mol. The molecule has 102 valence electrons. The number of hydrogen-bond acceptors (Lipinski definition) is 2. The molecule has 0 saturated carbocycles. The van der Waals surface area contributed by atoms with Crippen LogP contribution in [-0.4, -0.2) is 30.7 Å². The Morgan fingerprint density at radius 3 is 2.29 bits per heavy atom. The number of halogens is 3. The molecule has 0 aromatic heterocycles. The van der Waals surface area contributed by atoms with Crippen LogP contribution in [0.2, 0.25) is 0 Å². The molecule has 0 atom stereocenters. The Balaban J connectivity index is 3.59. The molecule has 0 heterocycles. The van der Waals surface area contributed by atoms with Crippen molar-refractivity contribution in [2.75, 3.05) is 13.1 Å². The van der Waals surface area contributed by atoms with E-state index in [2.05, 4.69) is 10.6 Å². The summed E-state index contributed by atoms with van der Waals surface area (Å²) < 4.78 is 35.4. The van der Waals surface area contributed by atoms with Crippen LogP contribution in [0.1, 0.15) is 40.0 Å². The van der Waals surface area contributed by atoms with E-state index in [1.807, 2.05) is 20.8 Å². The van der Waals surface area contributed by atoms with Crippen molar-refractivity contribution in [3.8, 4) is 0 Å². The molecule has 0 aliphatic carbocycles. The molecule has 0 unspecified atom stereocenters. The lowest BCUT2D eigenvalue weighted by molar-refractivity contribution is -0.135. The number of alkyl halides is 3. The van der Waals surface area contributed by atoms with E-state index >= 15 is 0 Å². The van der Waals surface area contributed by atoms with E-state index in [9.17, 15) is 18.0 Å². The fourth-order valence-corrected chi connectivity index (χ4v) is 1.13. The second-order valence-corrected chi connectivity index (χ2v) is 4.68. The molecule has 0 bridgehead atoms. The van der Waals surface area contributed by atoms with Crippen LogP contribution in [0.25, 0.3) is 0 Å². The van der Waals surface area contributed by atoms with Gasteiger partial charge in [-0.05, 0) is 33.2 Å². The van der Waals surface area contributed by atoms with Crippen LogP contribution in [0.4, 0.5) is 13.2 Å². The van der Waals surface area contributed by atoms with E-state index < -0.39 is 12.6 Å². The standard InChI is InChI=1S/C11H21F3N2O/c1-4-10(2,3)16-9(17)8-15-7-5-6-11(12,13)14/h15H,4-8H2,1-3H3,(H,16,17). The van der Waals surface area contributed by atoms with Crippen molar-refractivity contribution >= 4 is 5.91 Å². The zero-order chi connectivity index (χ0) is 13.5. The van der Waals surface area contributed by atoms with Crippen LogP contribution in [0, 0.1) is 0 Å². The molecule has 6 heteroatoms. The molecule has 0 saturated heterocycles. The summed E-state index contributed by atoms with van der Waals surface area (Å²) in [6.07, 6.45) is -4.14. The fourth-order valence-electron chi connectivity index (χ4n) is 1.13. The highest BCUT2D eigenvalue weighted by Crippen LogP contribution is 2.20. The maximum absolute atomic E-state index is 11.8. The number of amides is 1. The van der Waals surface area contributed by atoms with Crippen LogP contribution < -0.4 is 10.6 Å². The Kier molecular flexibility index (Phi) is 6.52. The van der Waals surface area contributed by atoms with E-state index in [0.717, 1.165) is 6.42 Å². The van der Waals surface area contributed by atoms with Crippen molar-refractivity contribution in [1.29, 1.82) is 0 Å². The molecule has 0 rings (SSSR count). The first-order chi connectivity index (χ1) is 7.66. The molecule has 0 aliphatic rings. The van der Waals surface area contributed by atoms with Crippen molar-refractivity contribution in [1.82, 2.24) is 10.6 Å². The minimum atomic E-state index is -4.12. The lowest BCUT2D eigenvalue weighted by Gasteiger charge is -2.24. The summed E-state index contributed by atoms with van der Waals surface area (Å²) in [5, 5.41) is 5.48. The SMILES string of the molecule is CCC(C)(C)NC(=O)CNCCCC(F)(F)F. The number of hydrogen-bond donors (Lipinski definition) is 2. The van der Waals surface area contributed by atoms with Gasteiger partial charge in [0.2, 0.25) is 5.91 Å². The topological polar surface area (TPSA) is 41.1 Å². The van der Waals surface area contributed by atoms with Crippen molar-refractivity contribution < 1.29 is 18.0 Å². The lowest BCUT2D eigenvalue weighted by Crippen LogP contribution is -2.46. The van der Waals surface area contributed by atoms with Crippen LogP contribution in [-0.2, 0) is 4.79 Å². The van der Waals surface area contributed by atoms with Gasteiger partial charge in [0.05, 0.1) is 6.54 Å². The molecule has 0 aliphatic heterocycles. The van der Waals surface area contributed by atoms with Crippen LogP contribution >= 0.6 is 0 Å². The Morgan fingerprint density at radius 1 is 1.24 bits per heavy atom. The van der Waals surface area contributed by atoms with Crippen LogP contribution in [0.3, 0.4) is 0 Å². The van der Waals surface area contributed by atoms with Gasteiger partial charge < -0.3 is 10.6 Å². The number of carbonyl (C=O) groups is 1. The molecule has 0 spiro atoms. The minimum Gasteiger partial charge on any atom is -0.350 e. The van der Waals surface area contributed by atoms with E-state index in [0.29, 0.717) is 0 Å². The third kappa shape index (κ3) is 10.1. The van der Waals surface area contributed by atoms with Gasteiger partial charge in [-0.2, -0.15) is 13.2 Å². The van der Waals surface area contributed by atoms with Crippen molar-refractivity contribution in [3.05, 3.63) is 0 Å². The molecule has 0 aromatic rings. The molecule has 3 nitrogen and oxygen atoms in total. The van der Waals surface area contributed by atoms with E-state index in [1.54, 1.807) is 0 Å². The van der Waals surface area contributed by atoms with Crippen molar-refractivity contribution in [3.63, 3.8) is 0 Å². The molecule has 17 heavy (non-hydrogen) atoms. The highest BCUT2D eigenvalue weighted by atomic mass is 19.4. The maximum atomic E-state index is 11.8. The second kappa shape index (κ2) is 6.83. The molecule has 0 radical (unpaired) electrons. The summed E-state index contributed by atoms with van der Waals surface area (Å²) in [5.74, 6) is -0.191. The van der Waals surface area contributed by atoms with Crippen molar-refractivity contribution in [2.45, 2.75) is 51.7 Å². The van der Waals surface area contributed by atoms with Crippen LogP contribution in [0.15, 0.2) is 0 Å². The maximum Gasteiger partial charge on any atom is 0.389 e. The molecule has 1 amide bonds. The zero-order valence-corrected chi connectivity index (χ0v) is 10.6. The quantitative estimate of drug-likeness (QED) is 0.684. The van der Waals surface area contributed by atoms with Gasteiger partial charge in [0, 0.05) is 12.0 Å². The largest absolute Gasteiger partial charge is 0.389 e. The Morgan fingerprint density at radius 2 is 1.82 bits per heavy atom. The molecular weight excluding hydrogens is 233 g/mol. The van der Waals surface area contributed by atoms with Crippen LogP contribution in [0.5, 0.6) is 0 Å². The predicted molar refractivity (Wildman–Crippen MR) is 60.7 cm³/mol. The average Bonchev–Trinajstić information content (AvgIpc) is 2.14. The fraction of sp³-hybridized carbons (Fsp3) is 0.909. The van der Waals surface area contributed by atoms with Gasteiger partial charge in [-0.1, -0.05) is 6.92 Å². The smallest absolute Gasteiger partial charge is 0.350 e.